The molecule has 0 N–H and O–H groups in total. The first-order chi connectivity index (χ1) is 13.9. The van der Waals surface area contributed by atoms with Gasteiger partial charge in [0, 0.05) is 6.42 Å². The summed E-state index contributed by atoms with van der Waals surface area (Å²) >= 11 is 1.37. The fourth-order valence-corrected chi connectivity index (χ4v) is 4.53. The quantitative estimate of drug-likeness (QED) is 0.467. The molecule has 1 atom stereocenters. The average molecular weight is 407 g/mol. The van der Waals surface area contributed by atoms with E-state index in [0.717, 1.165) is 22.3 Å². The summed E-state index contributed by atoms with van der Waals surface area (Å²) in [4.78, 5) is 25.5. The maximum atomic E-state index is 13.4. The van der Waals surface area contributed by atoms with Gasteiger partial charge in [-0.05, 0) is 44.5 Å². The molecule has 4 rings (SSSR count). The molecular formula is C22H22N4O2S. The Kier molecular flexibility index (Phi) is 5.00. The summed E-state index contributed by atoms with van der Waals surface area (Å²) in [6, 6.07) is 13.4. The molecule has 148 valence electrons. The first kappa shape index (κ1) is 19.4. The maximum Gasteiger partial charge on any atom is 0.267 e. The van der Waals surface area contributed by atoms with Gasteiger partial charge in [0.25, 0.3) is 5.56 Å². The number of fused-ring (bicyclic) bond motifs is 3. The zero-order chi connectivity index (χ0) is 20.7. The van der Waals surface area contributed by atoms with Crippen LogP contribution in [0.25, 0.3) is 22.4 Å². The van der Waals surface area contributed by atoms with Crippen molar-refractivity contribution in [3.8, 4) is 5.69 Å². The van der Waals surface area contributed by atoms with Crippen LogP contribution in [-0.2, 0) is 4.79 Å². The number of ketones is 1. The Morgan fingerprint density at radius 3 is 2.62 bits per heavy atom. The topological polar surface area (TPSA) is 69.3 Å². The zero-order valence-corrected chi connectivity index (χ0v) is 17.7. The Balaban J connectivity index is 2.05. The molecule has 2 aromatic carbocycles. The number of hydrogen-bond acceptors (Lipinski definition) is 5. The van der Waals surface area contributed by atoms with Crippen molar-refractivity contribution >= 4 is 34.2 Å². The van der Waals surface area contributed by atoms with E-state index in [9.17, 15) is 9.59 Å². The van der Waals surface area contributed by atoms with Gasteiger partial charge in [-0.3, -0.25) is 14.0 Å². The predicted octanol–water partition coefficient (Wildman–Crippen LogP) is 4.11. The number of carbonyl (C=O) groups is 1. The summed E-state index contributed by atoms with van der Waals surface area (Å²) in [5, 5.41) is 9.63. The molecule has 1 unspecified atom stereocenters. The Labute approximate surface area is 172 Å². The third-order valence-corrected chi connectivity index (χ3v) is 6.16. The van der Waals surface area contributed by atoms with Crippen molar-refractivity contribution in [3.63, 3.8) is 0 Å². The Bertz CT molecular complexity index is 1310. The number of benzene rings is 2. The predicted molar refractivity (Wildman–Crippen MR) is 116 cm³/mol. The maximum absolute atomic E-state index is 13.4. The van der Waals surface area contributed by atoms with Gasteiger partial charge >= 0.3 is 0 Å². The molecule has 29 heavy (non-hydrogen) atoms. The van der Waals surface area contributed by atoms with E-state index in [2.05, 4.69) is 10.2 Å². The van der Waals surface area contributed by atoms with Crippen LogP contribution in [0.3, 0.4) is 0 Å². The van der Waals surface area contributed by atoms with Crippen LogP contribution < -0.4 is 5.56 Å². The van der Waals surface area contributed by atoms with Crippen molar-refractivity contribution in [2.75, 3.05) is 0 Å². The number of hydrogen-bond donors (Lipinski definition) is 0. The summed E-state index contributed by atoms with van der Waals surface area (Å²) in [7, 11) is 0. The Morgan fingerprint density at radius 2 is 1.90 bits per heavy atom. The molecule has 0 spiro atoms. The van der Waals surface area contributed by atoms with Crippen molar-refractivity contribution in [1.82, 2.24) is 19.2 Å². The second-order valence-electron chi connectivity index (χ2n) is 7.15. The van der Waals surface area contributed by atoms with E-state index in [4.69, 9.17) is 0 Å². The highest BCUT2D eigenvalue weighted by Gasteiger charge is 2.21. The molecule has 0 aliphatic rings. The van der Waals surface area contributed by atoms with E-state index in [1.54, 1.807) is 4.57 Å². The SMILES string of the molecule is CCC(=O)C(C)Sc1nnc2n(-c3ccc(C)cc3C)c(=O)c3ccccc3n12. The van der Waals surface area contributed by atoms with E-state index >= 15 is 0 Å². The lowest BCUT2D eigenvalue weighted by molar-refractivity contribution is -0.118. The zero-order valence-electron chi connectivity index (χ0n) is 16.8. The van der Waals surface area contributed by atoms with Gasteiger partial charge in [-0.25, -0.2) is 4.57 Å². The molecule has 4 aromatic rings. The minimum atomic E-state index is -0.243. The molecule has 6 nitrogen and oxygen atoms in total. The molecule has 0 aliphatic heterocycles. The molecule has 2 heterocycles. The molecule has 0 fully saturated rings. The molecule has 0 saturated carbocycles. The van der Waals surface area contributed by atoms with E-state index in [1.165, 1.54) is 11.8 Å². The fourth-order valence-electron chi connectivity index (χ4n) is 3.54. The normalized spacial score (nSPS) is 12.6. The molecule has 0 radical (unpaired) electrons. The second-order valence-corrected chi connectivity index (χ2v) is 8.45. The third-order valence-electron chi connectivity index (χ3n) is 5.07. The fraction of sp³-hybridized carbons (Fsp3) is 0.273. The minimum Gasteiger partial charge on any atom is -0.298 e. The largest absolute Gasteiger partial charge is 0.298 e. The van der Waals surface area contributed by atoms with Gasteiger partial charge in [0.05, 0.1) is 21.8 Å². The number of rotatable bonds is 5. The Hall–Kier alpha value is -2.93. The monoisotopic (exact) mass is 406 g/mol. The standard InChI is InChI=1S/C22H22N4O2S/c1-5-19(27)15(4)29-22-24-23-21-25(17-11-10-13(2)12-14(17)3)20(28)16-8-6-7-9-18(16)26(21)22/h6-12,15H,5H2,1-4H3. The summed E-state index contributed by atoms with van der Waals surface area (Å²) in [5.41, 5.74) is 3.48. The highest BCUT2D eigenvalue weighted by Crippen LogP contribution is 2.27. The van der Waals surface area contributed by atoms with E-state index in [0.29, 0.717) is 22.7 Å². The van der Waals surface area contributed by atoms with Crippen molar-refractivity contribution in [1.29, 1.82) is 0 Å². The van der Waals surface area contributed by atoms with E-state index in [-0.39, 0.29) is 16.6 Å². The molecule has 0 aliphatic carbocycles. The smallest absolute Gasteiger partial charge is 0.267 e. The lowest BCUT2D eigenvalue weighted by Gasteiger charge is -2.14. The minimum absolute atomic E-state index is 0.137. The summed E-state index contributed by atoms with van der Waals surface area (Å²) in [5.74, 6) is 0.595. The van der Waals surface area contributed by atoms with Crippen LogP contribution in [0.1, 0.15) is 31.4 Å². The highest BCUT2D eigenvalue weighted by atomic mass is 32.2. The molecule has 2 aromatic heterocycles. The number of aromatic nitrogens is 4. The van der Waals surface area contributed by atoms with Crippen molar-refractivity contribution < 1.29 is 4.79 Å². The van der Waals surface area contributed by atoms with E-state index in [1.807, 2.05) is 74.6 Å². The lowest BCUT2D eigenvalue weighted by atomic mass is 10.1. The van der Waals surface area contributed by atoms with Crippen LogP contribution >= 0.6 is 11.8 Å². The molecular weight excluding hydrogens is 384 g/mol. The van der Waals surface area contributed by atoms with Crippen molar-refractivity contribution in [2.45, 2.75) is 44.5 Å². The van der Waals surface area contributed by atoms with E-state index < -0.39 is 0 Å². The molecule has 0 amide bonds. The summed E-state index contributed by atoms with van der Waals surface area (Å²) < 4.78 is 3.49. The van der Waals surface area contributed by atoms with Gasteiger partial charge in [0.15, 0.2) is 5.16 Å². The Morgan fingerprint density at radius 1 is 1.14 bits per heavy atom. The van der Waals surface area contributed by atoms with Crippen LogP contribution in [0.4, 0.5) is 0 Å². The summed E-state index contributed by atoms with van der Waals surface area (Å²) in [6.07, 6.45) is 0.471. The van der Waals surface area contributed by atoms with Crippen LogP contribution in [0.5, 0.6) is 0 Å². The first-order valence-electron chi connectivity index (χ1n) is 9.58. The second kappa shape index (κ2) is 7.48. The lowest BCUT2D eigenvalue weighted by Crippen LogP contribution is -2.22. The van der Waals surface area contributed by atoms with Crippen molar-refractivity contribution in [2.24, 2.45) is 0 Å². The molecule has 7 heteroatoms. The van der Waals surface area contributed by atoms with Crippen LogP contribution in [0.15, 0.2) is 52.4 Å². The first-order valence-corrected chi connectivity index (χ1v) is 10.5. The number of nitrogens with zero attached hydrogens (tertiary/aromatic N) is 4. The van der Waals surface area contributed by atoms with Crippen molar-refractivity contribution in [3.05, 3.63) is 63.9 Å². The number of Topliss-reactive ketones (excluding diaryl/α,β-unsaturated/α-hetero) is 1. The number of carbonyl (C=O) groups excluding carboxylic acids is 1. The molecule has 0 saturated heterocycles. The van der Waals surface area contributed by atoms with Crippen LogP contribution in [0, 0.1) is 13.8 Å². The van der Waals surface area contributed by atoms with Gasteiger partial charge in [0.1, 0.15) is 5.78 Å². The van der Waals surface area contributed by atoms with Crippen LogP contribution in [-0.4, -0.2) is 30.2 Å². The van der Waals surface area contributed by atoms with Gasteiger partial charge < -0.3 is 0 Å². The van der Waals surface area contributed by atoms with Gasteiger partial charge in [0.2, 0.25) is 5.78 Å². The highest BCUT2D eigenvalue weighted by molar-refractivity contribution is 8.00. The summed E-state index contributed by atoms with van der Waals surface area (Å²) in [6.45, 7) is 7.73. The van der Waals surface area contributed by atoms with Crippen LogP contribution in [0.2, 0.25) is 0 Å². The van der Waals surface area contributed by atoms with Gasteiger partial charge in [-0.1, -0.05) is 48.5 Å². The van der Waals surface area contributed by atoms with Gasteiger partial charge in [-0.15, -0.1) is 10.2 Å². The molecule has 0 bridgehead atoms. The van der Waals surface area contributed by atoms with Gasteiger partial charge in [-0.2, -0.15) is 0 Å². The third kappa shape index (κ3) is 3.25. The number of aryl methyl sites for hydroxylation is 2. The number of thioether (sulfide) groups is 1. The average Bonchev–Trinajstić information content (AvgIpc) is 3.12. The number of para-hydroxylation sites is 1.